The van der Waals surface area contributed by atoms with Gasteiger partial charge >= 0.3 is 0 Å². The Balaban J connectivity index is 1.44. The van der Waals surface area contributed by atoms with Crippen molar-refractivity contribution in [1.29, 1.82) is 0 Å². The largest absolute Gasteiger partial charge is 0.375 e. The summed E-state index contributed by atoms with van der Waals surface area (Å²) in [7, 11) is 0. The van der Waals surface area contributed by atoms with E-state index in [0.717, 1.165) is 11.1 Å². The van der Waals surface area contributed by atoms with Crippen molar-refractivity contribution < 1.29 is 9.53 Å². The standard InChI is InChI=1S/C25H23ClN6O2/c1-17-15-31(25(33)22-7-6-20(26)14-23(22)32-29-10-11-30-32)21(16-34-17)13-18-4-2-5-19(12-18)24-27-8-3-9-28-24/h2-12,14,17,21H,13,15-16H2,1H3/t17-,21-/m1/s1. The number of nitrogens with zero attached hydrogens (tertiary/aromatic N) is 6. The molecule has 9 heteroatoms. The van der Waals surface area contributed by atoms with Crippen molar-refractivity contribution in [2.24, 2.45) is 0 Å². The van der Waals surface area contributed by atoms with Gasteiger partial charge in [-0.2, -0.15) is 15.0 Å². The van der Waals surface area contributed by atoms with Crippen LogP contribution in [0, 0.1) is 0 Å². The van der Waals surface area contributed by atoms with Crippen LogP contribution >= 0.6 is 11.6 Å². The number of amides is 1. The van der Waals surface area contributed by atoms with Gasteiger partial charge in [0.25, 0.3) is 5.91 Å². The number of carbonyl (C=O) groups is 1. The molecule has 1 amide bonds. The minimum atomic E-state index is -0.134. The number of carbonyl (C=O) groups excluding carboxylic acids is 1. The minimum Gasteiger partial charge on any atom is -0.375 e. The summed E-state index contributed by atoms with van der Waals surface area (Å²) in [5, 5.41) is 8.90. The van der Waals surface area contributed by atoms with Gasteiger partial charge in [-0.15, -0.1) is 0 Å². The van der Waals surface area contributed by atoms with E-state index in [-0.39, 0.29) is 18.1 Å². The fraction of sp³-hybridized carbons (Fsp3) is 0.240. The Bertz CT molecular complexity index is 1280. The molecule has 2 atom stereocenters. The normalized spacial score (nSPS) is 18.1. The number of rotatable bonds is 5. The first-order chi connectivity index (χ1) is 16.6. The van der Waals surface area contributed by atoms with Gasteiger partial charge in [0.1, 0.15) is 0 Å². The molecular weight excluding hydrogens is 452 g/mol. The van der Waals surface area contributed by atoms with Crippen LogP contribution in [0.2, 0.25) is 5.02 Å². The fourth-order valence-electron chi connectivity index (χ4n) is 4.17. The first kappa shape index (κ1) is 22.2. The van der Waals surface area contributed by atoms with Crippen molar-refractivity contribution in [3.63, 3.8) is 0 Å². The predicted molar refractivity (Wildman–Crippen MR) is 128 cm³/mol. The lowest BCUT2D eigenvalue weighted by atomic mass is 10.00. The lowest BCUT2D eigenvalue weighted by Crippen LogP contribution is -2.52. The zero-order chi connectivity index (χ0) is 23.5. The third kappa shape index (κ3) is 4.69. The molecule has 0 saturated carbocycles. The zero-order valence-electron chi connectivity index (χ0n) is 18.6. The quantitative estimate of drug-likeness (QED) is 0.436. The van der Waals surface area contributed by atoms with E-state index in [0.29, 0.717) is 41.7 Å². The van der Waals surface area contributed by atoms with E-state index < -0.39 is 0 Å². The van der Waals surface area contributed by atoms with Crippen molar-refractivity contribution >= 4 is 17.5 Å². The van der Waals surface area contributed by atoms with E-state index in [4.69, 9.17) is 16.3 Å². The molecule has 172 valence electrons. The Hall–Kier alpha value is -3.62. The fourth-order valence-corrected chi connectivity index (χ4v) is 4.33. The molecule has 0 radical (unpaired) electrons. The van der Waals surface area contributed by atoms with Crippen LogP contribution in [0.1, 0.15) is 22.8 Å². The number of halogens is 1. The third-order valence-electron chi connectivity index (χ3n) is 5.78. The van der Waals surface area contributed by atoms with Crippen LogP contribution in [0.25, 0.3) is 17.1 Å². The smallest absolute Gasteiger partial charge is 0.256 e. The summed E-state index contributed by atoms with van der Waals surface area (Å²) >= 11 is 6.22. The lowest BCUT2D eigenvalue weighted by Gasteiger charge is -2.39. The van der Waals surface area contributed by atoms with E-state index in [9.17, 15) is 4.79 Å². The first-order valence-electron chi connectivity index (χ1n) is 11.0. The Labute approximate surface area is 202 Å². The van der Waals surface area contributed by atoms with Crippen molar-refractivity contribution in [2.45, 2.75) is 25.5 Å². The highest BCUT2D eigenvalue weighted by Gasteiger charge is 2.32. The van der Waals surface area contributed by atoms with Gasteiger partial charge in [-0.25, -0.2) is 9.97 Å². The van der Waals surface area contributed by atoms with Gasteiger partial charge in [0.05, 0.1) is 42.4 Å². The second kappa shape index (κ2) is 9.70. The maximum absolute atomic E-state index is 13.8. The molecule has 0 unspecified atom stereocenters. The zero-order valence-corrected chi connectivity index (χ0v) is 19.3. The van der Waals surface area contributed by atoms with Gasteiger partial charge in [-0.1, -0.05) is 29.8 Å². The highest BCUT2D eigenvalue weighted by atomic mass is 35.5. The average molecular weight is 475 g/mol. The van der Waals surface area contributed by atoms with Crippen LogP contribution in [0.3, 0.4) is 0 Å². The number of hydrogen-bond acceptors (Lipinski definition) is 6. The van der Waals surface area contributed by atoms with Gasteiger partial charge in [0, 0.05) is 29.5 Å². The number of aromatic nitrogens is 5. The summed E-state index contributed by atoms with van der Waals surface area (Å²) in [6.07, 6.45) is 7.16. The molecule has 1 saturated heterocycles. The molecule has 5 rings (SSSR count). The molecule has 1 aliphatic heterocycles. The summed E-state index contributed by atoms with van der Waals surface area (Å²) in [5.41, 5.74) is 3.05. The molecular formula is C25H23ClN6O2. The SMILES string of the molecule is C[C@@H]1CN(C(=O)c2ccc(Cl)cc2-n2nccn2)[C@H](Cc2cccc(-c3ncccn3)c2)CO1. The van der Waals surface area contributed by atoms with Gasteiger partial charge in [0.15, 0.2) is 5.82 Å². The number of ether oxygens (including phenoxy) is 1. The molecule has 34 heavy (non-hydrogen) atoms. The predicted octanol–water partition coefficient (Wildman–Crippen LogP) is 3.85. The Morgan fingerprint density at radius 2 is 1.85 bits per heavy atom. The summed E-state index contributed by atoms with van der Waals surface area (Å²) in [5.74, 6) is 0.565. The number of hydrogen-bond donors (Lipinski definition) is 0. The summed E-state index contributed by atoms with van der Waals surface area (Å²) in [6, 6.07) is 14.9. The maximum atomic E-state index is 13.8. The second-order valence-electron chi connectivity index (χ2n) is 8.21. The van der Waals surface area contributed by atoms with Gasteiger partial charge in [-0.05, 0) is 49.2 Å². The second-order valence-corrected chi connectivity index (χ2v) is 8.65. The van der Waals surface area contributed by atoms with Crippen LogP contribution in [-0.4, -0.2) is 61.1 Å². The van der Waals surface area contributed by atoms with E-state index in [2.05, 4.69) is 32.3 Å². The van der Waals surface area contributed by atoms with Crippen molar-refractivity contribution in [1.82, 2.24) is 29.9 Å². The number of morpholine rings is 1. The summed E-state index contributed by atoms with van der Waals surface area (Å²) < 4.78 is 5.95. The third-order valence-corrected chi connectivity index (χ3v) is 6.01. The minimum absolute atomic E-state index is 0.0668. The molecule has 0 spiro atoms. The van der Waals surface area contributed by atoms with Crippen molar-refractivity contribution in [3.05, 3.63) is 89.5 Å². The Morgan fingerprint density at radius 1 is 1.06 bits per heavy atom. The highest BCUT2D eigenvalue weighted by molar-refractivity contribution is 6.31. The van der Waals surface area contributed by atoms with E-state index >= 15 is 0 Å². The van der Waals surface area contributed by atoms with Crippen molar-refractivity contribution in [2.75, 3.05) is 13.2 Å². The molecule has 4 aromatic rings. The summed E-state index contributed by atoms with van der Waals surface area (Å²) in [4.78, 5) is 25.8. The Morgan fingerprint density at radius 3 is 2.65 bits per heavy atom. The van der Waals surface area contributed by atoms with E-state index in [1.54, 1.807) is 49.1 Å². The first-order valence-corrected chi connectivity index (χ1v) is 11.4. The Kier molecular flexibility index (Phi) is 6.33. The molecule has 2 aromatic carbocycles. The monoisotopic (exact) mass is 474 g/mol. The van der Waals surface area contributed by atoms with Crippen LogP contribution in [0.5, 0.6) is 0 Å². The molecule has 0 bridgehead atoms. The van der Waals surface area contributed by atoms with Gasteiger partial charge < -0.3 is 9.64 Å². The highest BCUT2D eigenvalue weighted by Crippen LogP contribution is 2.25. The van der Waals surface area contributed by atoms with Crippen molar-refractivity contribution in [3.8, 4) is 17.1 Å². The lowest BCUT2D eigenvalue weighted by molar-refractivity contribution is -0.0434. The maximum Gasteiger partial charge on any atom is 0.256 e. The van der Waals surface area contributed by atoms with Crippen LogP contribution < -0.4 is 0 Å². The molecule has 1 aliphatic rings. The molecule has 0 aliphatic carbocycles. The van der Waals surface area contributed by atoms with E-state index in [1.165, 1.54) is 4.80 Å². The molecule has 2 aromatic heterocycles. The van der Waals surface area contributed by atoms with Crippen LogP contribution in [0.4, 0.5) is 0 Å². The molecule has 8 nitrogen and oxygen atoms in total. The van der Waals surface area contributed by atoms with Gasteiger partial charge in [0.2, 0.25) is 0 Å². The van der Waals surface area contributed by atoms with Crippen LogP contribution in [-0.2, 0) is 11.2 Å². The molecule has 0 N–H and O–H groups in total. The van der Waals surface area contributed by atoms with E-state index in [1.807, 2.05) is 24.0 Å². The topological polar surface area (TPSA) is 86.0 Å². The van der Waals surface area contributed by atoms with Gasteiger partial charge in [-0.3, -0.25) is 4.79 Å². The molecule has 3 heterocycles. The van der Waals surface area contributed by atoms with Crippen LogP contribution in [0.15, 0.2) is 73.3 Å². The number of benzene rings is 2. The molecule has 1 fully saturated rings. The average Bonchev–Trinajstić information content (AvgIpc) is 3.40. The summed E-state index contributed by atoms with van der Waals surface area (Å²) in [6.45, 7) is 2.91.